The number of anilines is 2. The first-order chi connectivity index (χ1) is 14.6. The fourth-order valence-electron chi connectivity index (χ4n) is 3.75. The first kappa shape index (κ1) is 19.7. The molecule has 2 aromatic carbocycles. The molecule has 30 heavy (non-hydrogen) atoms. The summed E-state index contributed by atoms with van der Waals surface area (Å²) in [6.45, 7) is 6.40. The molecule has 1 unspecified atom stereocenters. The highest BCUT2D eigenvalue weighted by atomic mass is 16.5. The molecule has 0 N–H and O–H groups in total. The van der Waals surface area contributed by atoms with Crippen molar-refractivity contribution in [2.75, 3.05) is 29.4 Å². The zero-order valence-corrected chi connectivity index (χ0v) is 17.2. The van der Waals surface area contributed by atoms with Crippen LogP contribution in [0.1, 0.15) is 19.4 Å². The highest BCUT2D eigenvalue weighted by Gasteiger charge is 2.27. The first-order valence-electron chi connectivity index (χ1n) is 10.1. The number of fused-ring (bicyclic) bond motifs is 2. The Labute approximate surface area is 176 Å². The average Bonchev–Trinajstić information content (AvgIpc) is 3.11. The van der Waals surface area contributed by atoms with E-state index in [1.54, 1.807) is 6.08 Å². The van der Waals surface area contributed by atoms with E-state index in [0.717, 1.165) is 35.6 Å². The van der Waals surface area contributed by atoms with Crippen molar-refractivity contribution in [2.45, 2.75) is 20.1 Å². The normalized spacial score (nSPS) is 15.2. The van der Waals surface area contributed by atoms with Gasteiger partial charge in [0, 0.05) is 30.2 Å². The van der Waals surface area contributed by atoms with E-state index in [-0.39, 0.29) is 11.9 Å². The molecule has 5 heteroatoms. The number of hydrogen-bond acceptors (Lipinski definition) is 5. The largest absolute Gasteiger partial charge is 0.465 e. The van der Waals surface area contributed by atoms with Crippen molar-refractivity contribution in [3.8, 4) is 18.1 Å². The van der Waals surface area contributed by atoms with Crippen LogP contribution < -0.4 is 20.2 Å². The van der Waals surface area contributed by atoms with Gasteiger partial charge in [-0.1, -0.05) is 18.1 Å². The summed E-state index contributed by atoms with van der Waals surface area (Å²) in [5, 5.41) is 0.876. The third kappa shape index (κ3) is 3.65. The molecule has 1 aliphatic heterocycles. The second kappa shape index (κ2) is 8.38. The van der Waals surface area contributed by atoms with Gasteiger partial charge in [-0.2, -0.15) is 0 Å². The predicted molar refractivity (Wildman–Crippen MR) is 122 cm³/mol. The van der Waals surface area contributed by atoms with E-state index < -0.39 is 0 Å². The molecule has 0 saturated carbocycles. The monoisotopic (exact) mass is 400 g/mol. The second-order valence-electron chi connectivity index (χ2n) is 7.05. The van der Waals surface area contributed by atoms with Gasteiger partial charge < -0.3 is 19.0 Å². The Morgan fingerprint density at radius 2 is 1.97 bits per heavy atom. The molecule has 0 aliphatic carbocycles. The number of terminal acetylenes is 1. The highest BCUT2D eigenvalue weighted by Crippen LogP contribution is 2.37. The summed E-state index contributed by atoms with van der Waals surface area (Å²) in [4.78, 5) is 16.8. The predicted octanol–water partition coefficient (Wildman–Crippen LogP) is 4.51. The Morgan fingerprint density at radius 1 is 1.17 bits per heavy atom. The maximum atomic E-state index is 12.6. The molecule has 0 saturated heterocycles. The van der Waals surface area contributed by atoms with E-state index >= 15 is 0 Å². The van der Waals surface area contributed by atoms with Gasteiger partial charge in [-0.3, -0.25) is 0 Å². The number of nitrogens with zero attached hydrogens (tertiary/aromatic N) is 2. The lowest BCUT2D eigenvalue weighted by molar-refractivity contribution is 0.278. The molecule has 0 amide bonds. The van der Waals surface area contributed by atoms with Crippen molar-refractivity contribution < 1.29 is 9.15 Å². The summed E-state index contributed by atoms with van der Waals surface area (Å²) in [6.07, 6.45) is 8.73. The van der Waals surface area contributed by atoms with Gasteiger partial charge in [-0.25, -0.2) is 4.79 Å². The van der Waals surface area contributed by atoms with Crippen molar-refractivity contribution in [2.24, 2.45) is 0 Å². The molecule has 0 radical (unpaired) electrons. The highest BCUT2D eigenvalue weighted by molar-refractivity contribution is 5.82. The molecule has 2 heterocycles. The average molecular weight is 400 g/mol. The van der Waals surface area contributed by atoms with E-state index in [1.165, 1.54) is 0 Å². The Bertz CT molecular complexity index is 1180. The van der Waals surface area contributed by atoms with Crippen molar-refractivity contribution in [3.05, 3.63) is 70.6 Å². The Balaban J connectivity index is 1.63. The third-order valence-electron chi connectivity index (χ3n) is 5.31. The molecule has 0 fully saturated rings. The van der Waals surface area contributed by atoms with Crippen LogP contribution in [0, 0.1) is 12.3 Å². The molecule has 1 atom stereocenters. The number of hydrogen-bond donors (Lipinski definition) is 0. The third-order valence-corrected chi connectivity index (χ3v) is 5.31. The van der Waals surface area contributed by atoms with Crippen molar-refractivity contribution in [3.63, 3.8) is 0 Å². The fraction of sp³-hybridized carbons (Fsp3) is 0.240. The van der Waals surface area contributed by atoms with Crippen LogP contribution in [-0.2, 0) is 0 Å². The SMILES string of the molecule is C#CCN1c2ccccc2OC1/C=C/c1cc2ccc(N(CC)CC)cc2oc1=O. The van der Waals surface area contributed by atoms with Crippen molar-refractivity contribution in [1.29, 1.82) is 0 Å². The number of rotatable bonds is 6. The van der Waals surface area contributed by atoms with Crippen LogP contribution in [0.15, 0.2) is 63.8 Å². The van der Waals surface area contributed by atoms with E-state index in [4.69, 9.17) is 15.6 Å². The van der Waals surface area contributed by atoms with E-state index in [9.17, 15) is 4.79 Å². The zero-order valence-electron chi connectivity index (χ0n) is 17.2. The van der Waals surface area contributed by atoms with Gasteiger partial charge in [0.25, 0.3) is 0 Å². The molecule has 1 aromatic heterocycles. The minimum atomic E-state index is -0.380. The molecule has 152 valence electrons. The van der Waals surface area contributed by atoms with E-state index in [2.05, 4.69) is 24.7 Å². The maximum absolute atomic E-state index is 12.6. The smallest absolute Gasteiger partial charge is 0.343 e. The van der Waals surface area contributed by atoms with Gasteiger partial charge in [0.2, 0.25) is 0 Å². The Hall–Kier alpha value is -3.65. The summed E-state index contributed by atoms with van der Waals surface area (Å²) in [6, 6.07) is 15.5. The first-order valence-corrected chi connectivity index (χ1v) is 10.1. The minimum absolute atomic E-state index is 0.376. The van der Waals surface area contributed by atoms with Gasteiger partial charge >= 0.3 is 5.63 Å². The van der Waals surface area contributed by atoms with Crippen LogP contribution in [-0.4, -0.2) is 25.9 Å². The fourth-order valence-corrected chi connectivity index (χ4v) is 3.75. The number of para-hydroxylation sites is 2. The lowest BCUT2D eigenvalue weighted by Gasteiger charge is -2.21. The van der Waals surface area contributed by atoms with Crippen LogP contribution in [0.2, 0.25) is 0 Å². The van der Waals surface area contributed by atoms with Gasteiger partial charge in [0.1, 0.15) is 11.3 Å². The molecule has 1 aliphatic rings. The maximum Gasteiger partial charge on any atom is 0.343 e. The standard InChI is InChI=1S/C25H24N2O3/c1-4-15-27-21-9-7-8-10-22(21)29-24(27)14-12-19-16-18-11-13-20(26(5-2)6-3)17-23(18)30-25(19)28/h1,7-14,16-17,24H,5-6,15H2,2-3H3/b14-12+. The van der Waals surface area contributed by atoms with Crippen LogP contribution in [0.3, 0.4) is 0 Å². The molecule has 3 aromatic rings. The Kier molecular flexibility index (Phi) is 5.49. The van der Waals surface area contributed by atoms with E-state index in [1.807, 2.05) is 59.5 Å². The van der Waals surface area contributed by atoms with E-state index in [0.29, 0.717) is 17.7 Å². The molecule has 0 bridgehead atoms. The van der Waals surface area contributed by atoms with Gasteiger partial charge in [-0.15, -0.1) is 6.42 Å². The van der Waals surface area contributed by atoms with Crippen molar-refractivity contribution >= 4 is 28.4 Å². The molecule has 0 spiro atoms. The van der Waals surface area contributed by atoms with Crippen LogP contribution in [0.4, 0.5) is 11.4 Å². The molecular formula is C25H24N2O3. The summed E-state index contributed by atoms with van der Waals surface area (Å²) in [5.74, 6) is 3.44. The van der Waals surface area contributed by atoms with Gasteiger partial charge in [0.15, 0.2) is 6.23 Å². The van der Waals surface area contributed by atoms with Crippen molar-refractivity contribution in [1.82, 2.24) is 0 Å². The van der Waals surface area contributed by atoms with Crippen LogP contribution in [0.5, 0.6) is 5.75 Å². The molecule has 5 nitrogen and oxygen atoms in total. The summed E-state index contributed by atoms with van der Waals surface area (Å²) in [7, 11) is 0. The lowest BCUT2D eigenvalue weighted by atomic mass is 10.1. The summed E-state index contributed by atoms with van der Waals surface area (Å²) >= 11 is 0. The lowest BCUT2D eigenvalue weighted by Crippen LogP contribution is -2.33. The summed E-state index contributed by atoms with van der Waals surface area (Å²) < 4.78 is 11.6. The van der Waals surface area contributed by atoms with Gasteiger partial charge in [-0.05, 0) is 56.3 Å². The summed E-state index contributed by atoms with van der Waals surface area (Å²) in [5.41, 5.74) is 2.66. The Morgan fingerprint density at radius 3 is 2.73 bits per heavy atom. The number of benzene rings is 2. The quantitative estimate of drug-likeness (QED) is 0.450. The minimum Gasteiger partial charge on any atom is -0.465 e. The molecular weight excluding hydrogens is 376 g/mol. The van der Waals surface area contributed by atoms with Crippen LogP contribution in [0.25, 0.3) is 17.0 Å². The second-order valence-corrected chi connectivity index (χ2v) is 7.05. The van der Waals surface area contributed by atoms with Gasteiger partial charge in [0.05, 0.1) is 17.8 Å². The zero-order chi connectivity index (χ0) is 21.1. The number of ether oxygens (including phenoxy) is 1. The topological polar surface area (TPSA) is 45.9 Å². The van der Waals surface area contributed by atoms with Crippen LogP contribution >= 0.6 is 0 Å². The molecule has 4 rings (SSSR count).